The number of nitrogens with zero attached hydrogens (tertiary/aromatic N) is 2. The van der Waals surface area contributed by atoms with Gasteiger partial charge in [-0.05, 0) is 48.6 Å². The molecule has 1 amide bonds. The van der Waals surface area contributed by atoms with E-state index in [1.54, 1.807) is 28.8 Å². The lowest BCUT2D eigenvalue weighted by Gasteiger charge is -2.42. The first kappa shape index (κ1) is 25.9. The van der Waals surface area contributed by atoms with Crippen LogP contribution in [0.3, 0.4) is 0 Å². The molecule has 0 bridgehead atoms. The Morgan fingerprint density at radius 2 is 1.74 bits per heavy atom. The average molecular weight is 556 g/mol. The van der Waals surface area contributed by atoms with Gasteiger partial charge in [-0.2, -0.15) is 0 Å². The first-order chi connectivity index (χ1) is 19.0. The van der Waals surface area contributed by atoms with Crippen LogP contribution < -0.4 is 10.9 Å². The largest absolute Gasteiger partial charge is 0.325 e. The summed E-state index contributed by atoms with van der Waals surface area (Å²) >= 11 is 7.38. The second-order valence-electron chi connectivity index (χ2n) is 10.5. The molecule has 1 fully saturated rings. The number of hydrogen-bond donors (Lipinski definition) is 1. The SMILES string of the molecule is O=C(CSc1nc2c(c(=O)n1Cc1ccccc1)C1(CCCCC1)Cc1ccccc1-2)Nc1cccc(Cl)c1. The molecule has 0 aliphatic heterocycles. The number of anilines is 1. The molecule has 1 heterocycles. The fourth-order valence-electron chi connectivity index (χ4n) is 6.13. The zero-order valence-electron chi connectivity index (χ0n) is 21.7. The summed E-state index contributed by atoms with van der Waals surface area (Å²) in [5.41, 5.74) is 5.47. The van der Waals surface area contributed by atoms with E-state index in [0.717, 1.165) is 54.5 Å². The Morgan fingerprint density at radius 3 is 2.54 bits per heavy atom. The second-order valence-corrected chi connectivity index (χ2v) is 11.9. The van der Waals surface area contributed by atoms with Gasteiger partial charge in [-0.15, -0.1) is 0 Å². The second kappa shape index (κ2) is 11.0. The Balaban J connectivity index is 1.43. The molecule has 0 saturated heterocycles. The summed E-state index contributed by atoms with van der Waals surface area (Å²) in [5, 5.41) is 4.02. The van der Waals surface area contributed by atoms with Crippen molar-refractivity contribution >= 4 is 35.0 Å². The summed E-state index contributed by atoms with van der Waals surface area (Å²) in [5.74, 6) is -0.0519. The Morgan fingerprint density at radius 1 is 0.974 bits per heavy atom. The highest BCUT2D eigenvalue weighted by Crippen LogP contribution is 2.48. The standard InChI is InChI=1S/C32H30ClN3O2S/c33-24-13-9-14-25(18-24)34-27(37)21-39-31-35-29-26-15-6-5-12-23(26)19-32(16-7-2-8-17-32)28(29)30(38)36(31)20-22-10-3-1-4-11-22/h1,3-6,9-15,18H,2,7-8,16-17,19-21H2,(H,34,37). The smallest absolute Gasteiger partial charge is 0.258 e. The number of amides is 1. The van der Waals surface area contributed by atoms with E-state index in [0.29, 0.717) is 22.4 Å². The highest BCUT2D eigenvalue weighted by molar-refractivity contribution is 7.99. The number of halogens is 1. The molecule has 198 valence electrons. The zero-order chi connectivity index (χ0) is 26.8. The highest BCUT2D eigenvalue weighted by atomic mass is 35.5. The number of hydrogen-bond acceptors (Lipinski definition) is 4. The van der Waals surface area contributed by atoms with Gasteiger partial charge in [0.05, 0.1) is 23.6 Å². The van der Waals surface area contributed by atoms with Crippen molar-refractivity contribution in [1.29, 1.82) is 0 Å². The van der Waals surface area contributed by atoms with Crippen LogP contribution in [0.15, 0.2) is 88.8 Å². The quantitative estimate of drug-likeness (QED) is 0.203. The van der Waals surface area contributed by atoms with E-state index >= 15 is 0 Å². The zero-order valence-corrected chi connectivity index (χ0v) is 23.2. The molecule has 7 heteroatoms. The lowest BCUT2D eigenvalue weighted by molar-refractivity contribution is -0.113. The van der Waals surface area contributed by atoms with Gasteiger partial charge >= 0.3 is 0 Å². The maximum absolute atomic E-state index is 14.5. The normalized spacial score (nSPS) is 15.4. The Hall–Kier alpha value is -3.35. The van der Waals surface area contributed by atoms with Crippen LogP contribution >= 0.6 is 23.4 Å². The van der Waals surface area contributed by atoms with Crippen molar-refractivity contribution in [1.82, 2.24) is 9.55 Å². The molecule has 0 radical (unpaired) electrons. The molecular weight excluding hydrogens is 526 g/mol. The van der Waals surface area contributed by atoms with Crippen LogP contribution in [0.2, 0.25) is 5.02 Å². The fourth-order valence-corrected chi connectivity index (χ4v) is 7.11. The molecule has 2 aliphatic carbocycles. The van der Waals surface area contributed by atoms with Crippen molar-refractivity contribution in [3.8, 4) is 11.3 Å². The minimum atomic E-state index is -0.183. The molecule has 6 rings (SSSR count). The van der Waals surface area contributed by atoms with Gasteiger partial charge in [0.1, 0.15) is 0 Å². The maximum Gasteiger partial charge on any atom is 0.258 e. The van der Waals surface area contributed by atoms with Crippen LogP contribution in [-0.2, 0) is 23.2 Å². The van der Waals surface area contributed by atoms with Crippen LogP contribution in [0.4, 0.5) is 5.69 Å². The van der Waals surface area contributed by atoms with E-state index in [9.17, 15) is 9.59 Å². The van der Waals surface area contributed by atoms with Gasteiger partial charge in [0.15, 0.2) is 5.16 Å². The van der Waals surface area contributed by atoms with E-state index in [2.05, 4.69) is 23.5 Å². The lowest BCUT2D eigenvalue weighted by atomic mass is 9.62. The van der Waals surface area contributed by atoms with E-state index in [1.807, 2.05) is 36.4 Å². The molecule has 0 unspecified atom stereocenters. The van der Waals surface area contributed by atoms with E-state index in [-0.39, 0.29) is 22.6 Å². The van der Waals surface area contributed by atoms with E-state index < -0.39 is 0 Å². The number of aromatic nitrogens is 2. The summed E-state index contributed by atoms with van der Waals surface area (Å²) in [4.78, 5) is 32.6. The van der Waals surface area contributed by atoms with E-state index in [4.69, 9.17) is 16.6 Å². The third kappa shape index (κ3) is 5.28. The van der Waals surface area contributed by atoms with Gasteiger partial charge in [-0.1, -0.05) is 103 Å². The number of carbonyl (C=O) groups excluding carboxylic acids is 1. The Bertz CT molecular complexity index is 1580. The van der Waals surface area contributed by atoms with Crippen LogP contribution in [0.5, 0.6) is 0 Å². The van der Waals surface area contributed by atoms with Crippen molar-refractivity contribution in [2.45, 2.75) is 55.6 Å². The predicted molar refractivity (Wildman–Crippen MR) is 159 cm³/mol. The van der Waals surface area contributed by atoms with Gasteiger partial charge in [0.25, 0.3) is 5.56 Å². The third-order valence-corrected chi connectivity index (χ3v) is 9.11. The average Bonchev–Trinajstić information content (AvgIpc) is 2.94. The monoisotopic (exact) mass is 555 g/mol. The topological polar surface area (TPSA) is 64.0 Å². The highest BCUT2D eigenvalue weighted by Gasteiger charge is 2.43. The van der Waals surface area contributed by atoms with Crippen molar-refractivity contribution in [2.75, 3.05) is 11.1 Å². The van der Waals surface area contributed by atoms with Crippen LogP contribution in [-0.4, -0.2) is 21.2 Å². The van der Waals surface area contributed by atoms with Crippen LogP contribution in [0, 0.1) is 0 Å². The minimum Gasteiger partial charge on any atom is -0.325 e. The summed E-state index contributed by atoms with van der Waals surface area (Å²) in [6, 6.07) is 25.4. The van der Waals surface area contributed by atoms with Gasteiger partial charge in [0.2, 0.25) is 5.91 Å². The van der Waals surface area contributed by atoms with Crippen LogP contribution in [0.25, 0.3) is 11.3 Å². The van der Waals surface area contributed by atoms with Crippen molar-refractivity contribution in [2.24, 2.45) is 0 Å². The Kier molecular flexibility index (Phi) is 7.32. The molecule has 2 aliphatic rings. The number of carbonyl (C=O) groups is 1. The molecule has 39 heavy (non-hydrogen) atoms. The first-order valence-corrected chi connectivity index (χ1v) is 14.8. The fraction of sp³-hybridized carbons (Fsp3) is 0.281. The summed E-state index contributed by atoms with van der Waals surface area (Å²) in [7, 11) is 0. The van der Waals surface area contributed by atoms with Gasteiger partial charge in [-0.25, -0.2) is 4.98 Å². The third-order valence-electron chi connectivity index (χ3n) is 7.90. The van der Waals surface area contributed by atoms with Gasteiger partial charge < -0.3 is 5.32 Å². The molecule has 1 N–H and O–H groups in total. The number of rotatable bonds is 6. The Labute approximate surface area is 237 Å². The number of benzene rings is 3. The predicted octanol–water partition coefficient (Wildman–Crippen LogP) is 7.10. The van der Waals surface area contributed by atoms with Crippen molar-refractivity contribution in [3.05, 3.63) is 111 Å². The summed E-state index contributed by atoms with van der Waals surface area (Å²) in [6.45, 7) is 0.413. The molecular formula is C32H30ClN3O2S. The minimum absolute atomic E-state index is 0.0259. The molecule has 1 spiro atoms. The molecule has 0 atom stereocenters. The summed E-state index contributed by atoms with van der Waals surface area (Å²) < 4.78 is 1.79. The van der Waals surface area contributed by atoms with Crippen molar-refractivity contribution in [3.63, 3.8) is 0 Å². The number of thioether (sulfide) groups is 1. The number of nitrogens with one attached hydrogen (secondary N) is 1. The van der Waals surface area contributed by atoms with Crippen molar-refractivity contribution < 1.29 is 4.79 Å². The molecule has 1 saturated carbocycles. The number of fused-ring (bicyclic) bond motifs is 4. The maximum atomic E-state index is 14.5. The van der Waals surface area contributed by atoms with Gasteiger partial charge in [0, 0.05) is 21.7 Å². The molecule has 5 nitrogen and oxygen atoms in total. The molecule has 3 aromatic carbocycles. The first-order valence-electron chi connectivity index (χ1n) is 13.5. The molecule has 4 aromatic rings. The van der Waals surface area contributed by atoms with E-state index in [1.165, 1.54) is 23.7 Å². The summed E-state index contributed by atoms with van der Waals surface area (Å²) in [6.07, 6.45) is 6.35. The van der Waals surface area contributed by atoms with Gasteiger partial charge in [-0.3, -0.25) is 14.2 Å². The lowest BCUT2D eigenvalue weighted by Crippen LogP contribution is -2.43. The van der Waals surface area contributed by atoms with Crippen LogP contribution in [0.1, 0.15) is 48.8 Å². The molecule has 1 aromatic heterocycles.